The van der Waals surface area contributed by atoms with Crippen molar-refractivity contribution in [1.29, 1.82) is 0 Å². The van der Waals surface area contributed by atoms with E-state index >= 15 is 0 Å². The summed E-state index contributed by atoms with van der Waals surface area (Å²) < 4.78 is 18.3. The van der Waals surface area contributed by atoms with Crippen LogP contribution in [0.25, 0.3) is 0 Å². The van der Waals surface area contributed by atoms with Crippen molar-refractivity contribution in [2.75, 3.05) is 12.4 Å². The fraction of sp³-hybridized carbons (Fsp3) is 0.667. The van der Waals surface area contributed by atoms with Crippen molar-refractivity contribution in [2.24, 2.45) is 5.92 Å². The van der Waals surface area contributed by atoms with Crippen LogP contribution >= 0.6 is 11.8 Å². The van der Waals surface area contributed by atoms with E-state index in [1.54, 1.807) is 0 Å². The molecule has 2 rings (SSSR count). The maximum atomic E-state index is 12.9. The first kappa shape index (κ1) is 23.9. The largest absolute Gasteiger partial charge is 0.491 e. The second kappa shape index (κ2) is 12.4. The van der Waals surface area contributed by atoms with Crippen LogP contribution in [0.4, 0.5) is 4.39 Å². The molecule has 8 heteroatoms. The molecule has 0 saturated heterocycles. The Morgan fingerprint density at radius 3 is 2.52 bits per heavy atom. The van der Waals surface area contributed by atoms with Crippen LogP contribution in [-0.2, 0) is 4.79 Å². The first-order chi connectivity index (χ1) is 13.9. The number of thioether (sulfide) groups is 1. The van der Waals surface area contributed by atoms with E-state index < -0.39 is 24.3 Å². The molecule has 0 spiro atoms. The molecular weight excluding hydrogens is 399 g/mol. The number of hydrogen-bond donors (Lipinski definition) is 4. The molecule has 1 aliphatic rings. The van der Waals surface area contributed by atoms with Crippen molar-refractivity contribution < 1.29 is 34.3 Å². The van der Waals surface area contributed by atoms with Gasteiger partial charge in [-0.15, -0.1) is 0 Å². The molecular formula is C21H31FO6S. The second-order valence-corrected chi connectivity index (χ2v) is 8.81. The molecule has 1 aliphatic carbocycles. The lowest BCUT2D eigenvalue weighted by Gasteiger charge is -2.24. The van der Waals surface area contributed by atoms with Gasteiger partial charge in [-0.25, -0.2) is 4.39 Å². The maximum Gasteiger partial charge on any atom is 0.303 e. The summed E-state index contributed by atoms with van der Waals surface area (Å²) in [7, 11) is 0. The molecule has 0 amide bonds. The van der Waals surface area contributed by atoms with Gasteiger partial charge in [0.15, 0.2) is 0 Å². The van der Waals surface area contributed by atoms with Crippen molar-refractivity contribution in [1.82, 2.24) is 0 Å². The fourth-order valence-electron chi connectivity index (χ4n) is 3.66. The van der Waals surface area contributed by atoms with Crippen molar-refractivity contribution >= 4 is 17.7 Å². The average Bonchev–Trinajstić information content (AvgIpc) is 2.94. The van der Waals surface area contributed by atoms with E-state index in [1.165, 1.54) is 36.0 Å². The van der Waals surface area contributed by atoms with Gasteiger partial charge in [0.25, 0.3) is 0 Å². The smallest absolute Gasteiger partial charge is 0.303 e. The Morgan fingerprint density at radius 1 is 1.14 bits per heavy atom. The molecule has 1 aromatic carbocycles. The Morgan fingerprint density at radius 2 is 1.83 bits per heavy atom. The summed E-state index contributed by atoms with van der Waals surface area (Å²) in [6.45, 7) is 0.0677. The van der Waals surface area contributed by atoms with Gasteiger partial charge >= 0.3 is 5.97 Å². The number of rotatable bonds is 13. The van der Waals surface area contributed by atoms with E-state index in [9.17, 15) is 24.5 Å². The van der Waals surface area contributed by atoms with Gasteiger partial charge in [0.1, 0.15) is 18.2 Å². The summed E-state index contributed by atoms with van der Waals surface area (Å²) >= 11 is 1.44. The summed E-state index contributed by atoms with van der Waals surface area (Å²) in [6, 6.07) is 5.58. The lowest BCUT2D eigenvalue weighted by Crippen LogP contribution is -2.28. The van der Waals surface area contributed by atoms with E-state index in [2.05, 4.69) is 0 Å². The van der Waals surface area contributed by atoms with E-state index in [4.69, 9.17) is 9.84 Å². The van der Waals surface area contributed by atoms with Crippen molar-refractivity contribution in [3.05, 3.63) is 30.1 Å². The molecule has 0 radical (unpaired) electrons. The second-order valence-electron chi connectivity index (χ2n) is 7.60. The number of carboxylic acid groups (broad SMARTS) is 1. The monoisotopic (exact) mass is 430 g/mol. The number of halogens is 1. The van der Waals surface area contributed by atoms with Crippen molar-refractivity contribution in [3.63, 3.8) is 0 Å². The molecule has 164 valence electrons. The lowest BCUT2D eigenvalue weighted by molar-refractivity contribution is -0.137. The number of aliphatic hydroxyl groups excluding tert-OH is 3. The van der Waals surface area contributed by atoms with Crippen LogP contribution in [0.5, 0.6) is 5.75 Å². The third-order valence-electron chi connectivity index (χ3n) is 5.19. The molecule has 4 N–H and O–H groups in total. The first-order valence-electron chi connectivity index (χ1n) is 10.1. The Balaban J connectivity index is 1.70. The van der Waals surface area contributed by atoms with Crippen LogP contribution < -0.4 is 4.74 Å². The highest BCUT2D eigenvalue weighted by molar-refractivity contribution is 8.00. The predicted molar refractivity (Wildman–Crippen MR) is 110 cm³/mol. The van der Waals surface area contributed by atoms with Gasteiger partial charge in [0, 0.05) is 23.8 Å². The molecule has 29 heavy (non-hydrogen) atoms. The van der Waals surface area contributed by atoms with Crippen LogP contribution in [0.1, 0.15) is 44.9 Å². The Bertz CT molecular complexity index is 614. The standard InChI is InChI=1S/C21H31FO6S/c22-14-7-9-16(10-8-14)28-12-15(23)13-29-21-17(18(24)11-19(21)25)5-3-1-2-4-6-20(26)27/h7-10,15,17-19,21,23-25H,1-6,11-13H2,(H,26,27). The van der Waals surface area contributed by atoms with E-state index in [1.807, 2.05) is 0 Å². The zero-order valence-corrected chi connectivity index (χ0v) is 17.3. The number of aliphatic carboxylic acids is 1. The number of ether oxygens (including phenoxy) is 1. The van der Waals surface area contributed by atoms with Gasteiger partial charge in [-0.3, -0.25) is 4.79 Å². The molecule has 0 heterocycles. The number of carboxylic acids is 1. The topological polar surface area (TPSA) is 107 Å². The normalized spacial score (nSPS) is 25.1. The molecule has 0 aliphatic heterocycles. The number of unbranched alkanes of at least 4 members (excludes halogenated alkanes) is 3. The summed E-state index contributed by atoms with van der Waals surface area (Å²) in [5, 5.41) is 39.2. The van der Waals surface area contributed by atoms with E-state index in [-0.39, 0.29) is 30.0 Å². The minimum atomic E-state index is -0.780. The number of aliphatic hydroxyl groups is 3. The van der Waals surface area contributed by atoms with E-state index in [0.29, 0.717) is 24.3 Å². The van der Waals surface area contributed by atoms with Crippen LogP contribution in [0.3, 0.4) is 0 Å². The lowest BCUT2D eigenvalue weighted by atomic mass is 9.97. The molecule has 1 saturated carbocycles. The minimum absolute atomic E-state index is 0.0420. The molecule has 0 aromatic heterocycles. The number of benzene rings is 1. The Hall–Kier alpha value is -1.35. The highest BCUT2D eigenvalue weighted by Gasteiger charge is 2.41. The third kappa shape index (κ3) is 8.50. The molecule has 1 aromatic rings. The zero-order valence-electron chi connectivity index (χ0n) is 16.5. The van der Waals surface area contributed by atoms with Crippen molar-refractivity contribution in [3.8, 4) is 5.75 Å². The highest BCUT2D eigenvalue weighted by atomic mass is 32.2. The van der Waals surface area contributed by atoms with Gasteiger partial charge in [0.2, 0.25) is 0 Å². The fourth-order valence-corrected chi connectivity index (χ4v) is 5.09. The van der Waals surface area contributed by atoms with Crippen molar-refractivity contribution in [2.45, 2.75) is 68.5 Å². The Labute approximate surface area is 175 Å². The Kier molecular flexibility index (Phi) is 10.2. The first-order valence-corrected chi connectivity index (χ1v) is 11.2. The molecule has 0 bridgehead atoms. The molecule has 6 nitrogen and oxygen atoms in total. The third-order valence-corrected chi connectivity index (χ3v) is 6.82. The van der Waals surface area contributed by atoms with Gasteiger partial charge in [0.05, 0.1) is 18.3 Å². The SMILES string of the molecule is O=C(O)CCCCCCC1C(O)CC(O)C1SCC(O)COc1ccc(F)cc1. The summed E-state index contributed by atoms with van der Waals surface area (Å²) in [4.78, 5) is 10.5. The average molecular weight is 431 g/mol. The van der Waals surface area contributed by atoms with Crippen LogP contribution in [0.2, 0.25) is 0 Å². The van der Waals surface area contributed by atoms with E-state index in [0.717, 1.165) is 25.7 Å². The number of hydrogen-bond acceptors (Lipinski definition) is 6. The quantitative estimate of drug-likeness (QED) is 0.357. The van der Waals surface area contributed by atoms with Gasteiger partial charge in [-0.2, -0.15) is 11.8 Å². The molecule has 5 atom stereocenters. The van der Waals surface area contributed by atoms with Crippen LogP contribution in [-0.4, -0.2) is 62.3 Å². The maximum absolute atomic E-state index is 12.9. The highest BCUT2D eigenvalue weighted by Crippen LogP contribution is 2.39. The molecule has 1 fully saturated rings. The van der Waals surface area contributed by atoms with Crippen LogP contribution in [0, 0.1) is 11.7 Å². The predicted octanol–water partition coefficient (Wildman–Crippen LogP) is 2.83. The minimum Gasteiger partial charge on any atom is -0.491 e. The summed E-state index contributed by atoms with van der Waals surface area (Å²) in [6.07, 6.45) is 2.64. The van der Waals surface area contributed by atoms with Crippen LogP contribution in [0.15, 0.2) is 24.3 Å². The van der Waals surface area contributed by atoms with Gasteiger partial charge < -0.3 is 25.2 Å². The molecule has 5 unspecified atom stereocenters. The van der Waals surface area contributed by atoms with Gasteiger partial charge in [-0.05, 0) is 43.0 Å². The zero-order chi connectivity index (χ0) is 21.2. The van der Waals surface area contributed by atoms with Gasteiger partial charge in [-0.1, -0.05) is 19.3 Å². The number of carbonyl (C=O) groups is 1. The summed E-state index contributed by atoms with van der Waals surface area (Å²) in [5.74, 6) is -0.328. The summed E-state index contributed by atoms with van der Waals surface area (Å²) in [5.41, 5.74) is 0.